The summed E-state index contributed by atoms with van der Waals surface area (Å²) in [6.45, 7) is 2.90. The second-order valence-electron chi connectivity index (χ2n) is 4.58. The zero-order chi connectivity index (χ0) is 14.5. The van der Waals surface area contributed by atoms with Crippen LogP contribution >= 0.6 is 0 Å². The van der Waals surface area contributed by atoms with Crippen LogP contribution in [0.4, 0.5) is 0 Å². The lowest BCUT2D eigenvalue weighted by Crippen LogP contribution is -2.42. The molecule has 1 amide bonds. The number of hydrogen-bond acceptors (Lipinski definition) is 6. The largest absolute Gasteiger partial charge is 0.481 e. The molecule has 1 rings (SSSR count). The van der Waals surface area contributed by atoms with Gasteiger partial charge in [0.05, 0.1) is 12.0 Å². The Labute approximate surface area is 109 Å². The van der Waals surface area contributed by atoms with E-state index in [4.69, 9.17) is 9.63 Å². The monoisotopic (exact) mass is 271 g/mol. The molecule has 106 valence electrons. The highest BCUT2D eigenvalue weighted by atomic mass is 16.5. The summed E-state index contributed by atoms with van der Waals surface area (Å²) in [4.78, 5) is 25.9. The van der Waals surface area contributed by atoms with Crippen molar-refractivity contribution in [3.05, 3.63) is 11.7 Å². The zero-order valence-corrected chi connectivity index (χ0v) is 10.8. The van der Waals surface area contributed by atoms with Crippen molar-refractivity contribution < 1.29 is 24.3 Å². The molecule has 0 aromatic carbocycles. The van der Waals surface area contributed by atoms with Gasteiger partial charge in [0.15, 0.2) is 5.82 Å². The zero-order valence-electron chi connectivity index (χ0n) is 10.8. The van der Waals surface area contributed by atoms with Crippen molar-refractivity contribution in [3.63, 3.8) is 0 Å². The summed E-state index contributed by atoms with van der Waals surface area (Å²) in [6.07, 6.45) is -0.00529. The first-order valence-corrected chi connectivity index (χ1v) is 5.78. The van der Waals surface area contributed by atoms with Gasteiger partial charge in [-0.2, -0.15) is 4.98 Å². The number of carboxylic acids is 1. The van der Waals surface area contributed by atoms with Crippen molar-refractivity contribution in [3.8, 4) is 0 Å². The van der Waals surface area contributed by atoms with E-state index >= 15 is 0 Å². The van der Waals surface area contributed by atoms with Gasteiger partial charge in [0.1, 0.15) is 0 Å². The third-order valence-corrected chi connectivity index (χ3v) is 2.33. The molecule has 0 spiro atoms. The van der Waals surface area contributed by atoms with E-state index in [0.717, 1.165) is 0 Å². The fourth-order valence-corrected chi connectivity index (χ4v) is 1.43. The van der Waals surface area contributed by atoms with Gasteiger partial charge >= 0.3 is 5.97 Å². The Morgan fingerprint density at radius 1 is 1.47 bits per heavy atom. The number of aliphatic carboxylic acids is 1. The number of aromatic nitrogens is 2. The normalized spacial score (nSPS) is 13.8. The van der Waals surface area contributed by atoms with Gasteiger partial charge < -0.3 is 20.1 Å². The number of nitrogens with zero attached hydrogens (tertiary/aromatic N) is 2. The van der Waals surface area contributed by atoms with Gasteiger partial charge in [-0.05, 0) is 13.8 Å². The first-order valence-electron chi connectivity index (χ1n) is 5.78. The highest BCUT2D eigenvalue weighted by Gasteiger charge is 2.24. The Balaban J connectivity index is 2.30. The number of carbonyl (C=O) groups is 2. The van der Waals surface area contributed by atoms with Crippen LogP contribution < -0.4 is 5.32 Å². The number of carbonyl (C=O) groups excluding carboxylic acids is 1. The van der Waals surface area contributed by atoms with Gasteiger partial charge in [0.25, 0.3) is 0 Å². The Hall–Kier alpha value is -1.96. The molecule has 0 fully saturated rings. The van der Waals surface area contributed by atoms with Crippen LogP contribution in [0.25, 0.3) is 0 Å². The van der Waals surface area contributed by atoms with E-state index in [1.54, 1.807) is 6.92 Å². The standard InChI is InChI=1S/C11H17N3O5/c1-7-13-9(19-14-7)4-3-8(15)12-6-11(2,18)5-10(16)17/h18H,3-6H2,1-2H3,(H,12,15)(H,16,17). The number of carboxylic acid groups (broad SMARTS) is 1. The van der Waals surface area contributed by atoms with Gasteiger partial charge in [0.2, 0.25) is 11.8 Å². The summed E-state index contributed by atoms with van der Waals surface area (Å²) >= 11 is 0. The average Bonchev–Trinajstić information content (AvgIpc) is 2.68. The molecule has 0 saturated heterocycles. The maximum Gasteiger partial charge on any atom is 0.306 e. The predicted molar refractivity (Wildman–Crippen MR) is 63.2 cm³/mol. The maximum absolute atomic E-state index is 11.5. The van der Waals surface area contributed by atoms with E-state index < -0.39 is 18.0 Å². The van der Waals surface area contributed by atoms with E-state index in [1.165, 1.54) is 6.92 Å². The van der Waals surface area contributed by atoms with Crippen molar-refractivity contribution in [2.75, 3.05) is 6.54 Å². The van der Waals surface area contributed by atoms with Gasteiger partial charge in [-0.15, -0.1) is 0 Å². The highest BCUT2D eigenvalue weighted by molar-refractivity contribution is 5.76. The number of amides is 1. The van der Waals surface area contributed by atoms with Crippen molar-refractivity contribution >= 4 is 11.9 Å². The summed E-state index contributed by atoms with van der Waals surface area (Å²) < 4.78 is 4.84. The molecule has 1 aromatic heterocycles. The summed E-state index contributed by atoms with van der Waals surface area (Å²) in [5.41, 5.74) is -1.47. The smallest absolute Gasteiger partial charge is 0.306 e. The second kappa shape index (κ2) is 6.28. The highest BCUT2D eigenvalue weighted by Crippen LogP contribution is 2.07. The molecule has 8 heteroatoms. The lowest BCUT2D eigenvalue weighted by molar-refractivity contribution is -0.142. The van der Waals surface area contributed by atoms with Gasteiger partial charge in [0, 0.05) is 19.4 Å². The molecular formula is C11H17N3O5. The van der Waals surface area contributed by atoms with Gasteiger partial charge in [-0.3, -0.25) is 9.59 Å². The molecule has 19 heavy (non-hydrogen) atoms. The minimum atomic E-state index is -1.47. The molecule has 1 atom stereocenters. The minimum absolute atomic E-state index is 0.124. The van der Waals surface area contributed by atoms with Crippen molar-refractivity contribution in [2.24, 2.45) is 0 Å². The Kier molecular flexibility index (Phi) is 4.99. The molecular weight excluding hydrogens is 254 g/mol. The van der Waals surface area contributed by atoms with Gasteiger partial charge in [-0.25, -0.2) is 0 Å². The van der Waals surface area contributed by atoms with E-state index in [1.807, 2.05) is 0 Å². The molecule has 1 unspecified atom stereocenters. The van der Waals surface area contributed by atoms with Crippen LogP contribution in [-0.2, 0) is 16.0 Å². The minimum Gasteiger partial charge on any atom is -0.481 e. The number of aliphatic hydroxyl groups is 1. The Morgan fingerprint density at radius 3 is 2.68 bits per heavy atom. The Bertz CT molecular complexity index is 455. The van der Waals surface area contributed by atoms with Crippen LogP contribution in [0.3, 0.4) is 0 Å². The van der Waals surface area contributed by atoms with Crippen LogP contribution in [-0.4, -0.2) is 44.4 Å². The summed E-state index contributed by atoms with van der Waals surface area (Å²) in [5.74, 6) is -0.577. The quantitative estimate of drug-likeness (QED) is 0.619. The lowest BCUT2D eigenvalue weighted by Gasteiger charge is -2.21. The second-order valence-corrected chi connectivity index (χ2v) is 4.58. The predicted octanol–water partition coefficient (Wildman–Crippen LogP) is -0.347. The van der Waals surface area contributed by atoms with E-state index in [0.29, 0.717) is 18.1 Å². The summed E-state index contributed by atoms with van der Waals surface area (Å²) in [5, 5.41) is 24.3. The first-order chi connectivity index (χ1) is 8.78. The SMILES string of the molecule is Cc1noc(CCC(=O)NCC(C)(O)CC(=O)O)n1. The molecule has 0 saturated carbocycles. The fourth-order valence-electron chi connectivity index (χ4n) is 1.43. The third kappa shape index (κ3) is 5.96. The summed E-state index contributed by atoms with van der Waals surface area (Å²) in [6, 6.07) is 0. The maximum atomic E-state index is 11.5. The van der Waals surface area contributed by atoms with E-state index in [9.17, 15) is 14.7 Å². The van der Waals surface area contributed by atoms with Crippen LogP contribution in [0.5, 0.6) is 0 Å². The van der Waals surface area contributed by atoms with Crippen LogP contribution in [0.1, 0.15) is 31.5 Å². The molecule has 0 aliphatic carbocycles. The van der Waals surface area contributed by atoms with Crippen molar-refractivity contribution in [1.82, 2.24) is 15.5 Å². The number of rotatable bonds is 7. The number of nitrogens with one attached hydrogen (secondary N) is 1. The first kappa shape index (κ1) is 15.1. The third-order valence-electron chi connectivity index (χ3n) is 2.33. The lowest BCUT2D eigenvalue weighted by atomic mass is 10.0. The molecule has 1 aromatic rings. The van der Waals surface area contributed by atoms with E-state index in [2.05, 4.69) is 15.5 Å². The van der Waals surface area contributed by atoms with E-state index in [-0.39, 0.29) is 18.9 Å². The molecule has 0 radical (unpaired) electrons. The average molecular weight is 271 g/mol. The molecule has 0 bridgehead atoms. The van der Waals surface area contributed by atoms with Crippen molar-refractivity contribution in [1.29, 1.82) is 0 Å². The molecule has 3 N–H and O–H groups in total. The number of hydrogen-bond donors (Lipinski definition) is 3. The van der Waals surface area contributed by atoms with Crippen LogP contribution in [0.15, 0.2) is 4.52 Å². The van der Waals surface area contributed by atoms with Gasteiger partial charge in [-0.1, -0.05) is 5.16 Å². The number of aryl methyl sites for hydroxylation is 2. The molecule has 1 heterocycles. The molecule has 0 aliphatic rings. The van der Waals surface area contributed by atoms with Crippen molar-refractivity contribution in [2.45, 2.75) is 38.7 Å². The topological polar surface area (TPSA) is 126 Å². The van der Waals surface area contributed by atoms with Crippen LogP contribution in [0.2, 0.25) is 0 Å². The molecule has 0 aliphatic heterocycles. The fraction of sp³-hybridized carbons (Fsp3) is 0.636. The van der Waals surface area contributed by atoms with Crippen LogP contribution in [0, 0.1) is 6.92 Å². The summed E-state index contributed by atoms with van der Waals surface area (Å²) in [7, 11) is 0. The molecule has 8 nitrogen and oxygen atoms in total. The Morgan fingerprint density at radius 2 is 2.16 bits per heavy atom.